The van der Waals surface area contributed by atoms with Crippen LogP contribution in [0.5, 0.6) is 0 Å². The minimum absolute atomic E-state index is 0.162. The van der Waals surface area contributed by atoms with Crippen molar-refractivity contribution in [3.63, 3.8) is 0 Å². The van der Waals surface area contributed by atoms with Crippen LogP contribution in [0.2, 0.25) is 0 Å². The van der Waals surface area contributed by atoms with Gasteiger partial charge in [0.15, 0.2) is 11.3 Å². The molecular weight excluding hydrogens is 397 g/mol. The molecule has 0 atom stereocenters. The summed E-state index contributed by atoms with van der Waals surface area (Å²) in [4.78, 5) is 29.1. The average molecular weight is 419 g/mol. The number of benzene rings is 1. The van der Waals surface area contributed by atoms with Gasteiger partial charge in [0.2, 0.25) is 0 Å². The van der Waals surface area contributed by atoms with Crippen molar-refractivity contribution in [3.05, 3.63) is 59.3 Å². The Labute approximate surface area is 177 Å². The summed E-state index contributed by atoms with van der Waals surface area (Å²) in [5.41, 5.74) is 4.29. The molecule has 9 heteroatoms. The predicted molar refractivity (Wildman–Crippen MR) is 113 cm³/mol. The number of nitrogens with one attached hydrogen (secondary N) is 3. The van der Waals surface area contributed by atoms with E-state index in [1.807, 2.05) is 13.0 Å². The number of hydrogen-bond acceptors (Lipinski definition) is 5. The van der Waals surface area contributed by atoms with Gasteiger partial charge in [-0.15, -0.1) is 0 Å². The maximum absolute atomic E-state index is 14.2. The minimum Gasteiger partial charge on any atom is -0.347 e. The van der Waals surface area contributed by atoms with Gasteiger partial charge in [0.05, 0.1) is 6.20 Å². The molecular formula is C22H22FN7O. The quantitative estimate of drug-likeness (QED) is 0.456. The van der Waals surface area contributed by atoms with Crippen molar-refractivity contribution in [2.45, 2.75) is 45.1 Å². The lowest BCUT2D eigenvalue weighted by molar-refractivity contribution is 0.0947. The summed E-state index contributed by atoms with van der Waals surface area (Å²) in [5, 5.41) is 9.67. The largest absolute Gasteiger partial charge is 0.347 e. The molecule has 158 valence electrons. The molecule has 0 saturated heterocycles. The molecule has 1 amide bonds. The third-order valence-electron chi connectivity index (χ3n) is 5.82. The van der Waals surface area contributed by atoms with Crippen LogP contribution in [0.1, 0.15) is 59.2 Å². The first kappa shape index (κ1) is 19.3. The van der Waals surface area contributed by atoms with Crippen molar-refractivity contribution in [1.82, 2.24) is 35.5 Å². The Morgan fingerprint density at radius 3 is 2.84 bits per heavy atom. The number of halogens is 1. The van der Waals surface area contributed by atoms with Crippen molar-refractivity contribution in [3.8, 4) is 11.1 Å². The maximum atomic E-state index is 14.2. The highest BCUT2D eigenvalue weighted by atomic mass is 19.1. The van der Waals surface area contributed by atoms with Crippen molar-refractivity contribution < 1.29 is 9.18 Å². The molecule has 1 saturated carbocycles. The highest BCUT2D eigenvalue weighted by molar-refractivity contribution is 6.02. The van der Waals surface area contributed by atoms with Gasteiger partial charge in [-0.05, 0) is 49.1 Å². The number of carbonyl (C=O) groups excluding carboxylic acids is 1. The van der Waals surface area contributed by atoms with Crippen LogP contribution in [0, 0.1) is 12.7 Å². The lowest BCUT2D eigenvalue weighted by Crippen LogP contribution is -2.24. The van der Waals surface area contributed by atoms with Crippen LogP contribution in [-0.2, 0) is 6.54 Å². The van der Waals surface area contributed by atoms with Crippen molar-refractivity contribution in [2.24, 2.45) is 0 Å². The fourth-order valence-electron chi connectivity index (χ4n) is 4.23. The van der Waals surface area contributed by atoms with Gasteiger partial charge in [0, 0.05) is 23.7 Å². The number of aromatic amines is 2. The molecule has 5 rings (SSSR count). The Balaban J connectivity index is 1.37. The van der Waals surface area contributed by atoms with Crippen LogP contribution in [0.15, 0.2) is 30.7 Å². The van der Waals surface area contributed by atoms with E-state index in [0.717, 1.165) is 29.9 Å². The van der Waals surface area contributed by atoms with Crippen molar-refractivity contribution in [2.75, 3.05) is 0 Å². The summed E-state index contributed by atoms with van der Waals surface area (Å²) in [5.74, 6) is 0.510. The number of fused-ring (bicyclic) bond motifs is 1. The number of rotatable bonds is 5. The highest BCUT2D eigenvalue weighted by Gasteiger charge is 2.23. The fourth-order valence-corrected chi connectivity index (χ4v) is 4.23. The molecule has 3 heterocycles. The lowest BCUT2D eigenvalue weighted by atomic mass is 10.0. The summed E-state index contributed by atoms with van der Waals surface area (Å²) in [6.07, 6.45) is 7.56. The molecule has 1 fully saturated rings. The topological polar surface area (TPSA) is 112 Å². The average Bonchev–Trinajstić information content (AvgIpc) is 3.51. The molecule has 0 spiro atoms. The first-order valence-corrected chi connectivity index (χ1v) is 10.4. The monoisotopic (exact) mass is 419 g/mol. The molecule has 0 aliphatic heterocycles. The van der Waals surface area contributed by atoms with E-state index >= 15 is 0 Å². The molecule has 1 aliphatic carbocycles. The van der Waals surface area contributed by atoms with Crippen LogP contribution >= 0.6 is 0 Å². The molecule has 0 unspecified atom stereocenters. The van der Waals surface area contributed by atoms with Gasteiger partial charge in [0.25, 0.3) is 5.91 Å². The van der Waals surface area contributed by atoms with Crippen molar-refractivity contribution in [1.29, 1.82) is 0 Å². The number of imidazole rings is 1. The third kappa shape index (κ3) is 3.78. The van der Waals surface area contributed by atoms with Crippen LogP contribution in [0.3, 0.4) is 0 Å². The molecule has 0 radical (unpaired) electrons. The number of hydrogen-bond donors (Lipinski definition) is 3. The zero-order valence-electron chi connectivity index (χ0n) is 17.1. The Morgan fingerprint density at radius 1 is 1.23 bits per heavy atom. The number of aryl methyl sites for hydroxylation is 1. The van der Waals surface area contributed by atoms with Gasteiger partial charge in [0.1, 0.15) is 23.5 Å². The number of aromatic nitrogens is 6. The normalized spacial score (nSPS) is 14.4. The molecule has 1 aromatic carbocycles. The number of nitrogens with zero attached hydrogens (tertiary/aromatic N) is 4. The van der Waals surface area contributed by atoms with E-state index < -0.39 is 0 Å². The number of amides is 1. The molecule has 0 bridgehead atoms. The smallest absolute Gasteiger partial charge is 0.272 e. The van der Waals surface area contributed by atoms with Crippen LogP contribution < -0.4 is 5.32 Å². The molecule has 4 aromatic rings. The lowest BCUT2D eigenvalue weighted by Gasteiger charge is -2.08. The first-order chi connectivity index (χ1) is 15.1. The fraction of sp³-hybridized carbons (Fsp3) is 0.318. The van der Waals surface area contributed by atoms with Crippen LogP contribution in [-0.4, -0.2) is 36.0 Å². The summed E-state index contributed by atoms with van der Waals surface area (Å²) in [6, 6.07) is 4.70. The van der Waals surface area contributed by atoms with E-state index in [9.17, 15) is 9.18 Å². The van der Waals surface area contributed by atoms with Gasteiger partial charge >= 0.3 is 0 Å². The van der Waals surface area contributed by atoms with E-state index in [1.165, 1.54) is 31.3 Å². The molecule has 3 aromatic heterocycles. The standard InChI is InChI=1S/C22H22FN7O/c1-12-17(10-27-30-12)15-6-13(7-16(23)8-15)9-24-22(31)19-18-21(26-11-25-19)29-20(28-18)14-4-2-3-5-14/h6-8,10-11,14H,2-5,9H2,1H3,(H,24,31)(H,27,30)(H,25,26,28,29). The van der Waals surface area contributed by atoms with E-state index in [4.69, 9.17) is 0 Å². The van der Waals surface area contributed by atoms with Gasteiger partial charge in [-0.1, -0.05) is 12.8 Å². The van der Waals surface area contributed by atoms with Gasteiger partial charge < -0.3 is 10.3 Å². The Bertz CT molecular complexity index is 1260. The summed E-state index contributed by atoms with van der Waals surface area (Å²) in [7, 11) is 0. The second-order valence-corrected chi connectivity index (χ2v) is 7.96. The first-order valence-electron chi connectivity index (χ1n) is 10.4. The third-order valence-corrected chi connectivity index (χ3v) is 5.82. The summed E-state index contributed by atoms with van der Waals surface area (Å²) in [6.45, 7) is 2.04. The number of H-pyrrole nitrogens is 2. The minimum atomic E-state index is -0.374. The second kappa shape index (κ2) is 7.90. The molecule has 31 heavy (non-hydrogen) atoms. The maximum Gasteiger partial charge on any atom is 0.272 e. The van der Waals surface area contributed by atoms with Gasteiger partial charge in [-0.2, -0.15) is 5.10 Å². The summed E-state index contributed by atoms with van der Waals surface area (Å²) < 4.78 is 14.2. The van der Waals surface area contributed by atoms with E-state index in [2.05, 4.69) is 35.5 Å². The van der Waals surface area contributed by atoms with E-state index in [-0.39, 0.29) is 24.0 Å². The zero-order valence-corrected chi connectivity index (χ0v) is 17.1. The highest BCUT2D eigenvalue weighted by Crippen LogP contribution is 2.33. The molecule has 3 N–H and O–H groups in total. The van der Waals surface area contributed by atoms with E-state index in [1.54, 1.807) is 6.20 Å². The van der Waals surface area contributed by atoms with E-state index in [0.29, 0.717) is 28.2 Å². The molecule has 8 nitrogen and oxygen atoms in total. The Kier molecular flexibility index (Phi) is 4.93. The second-order valence-electron chi connectivity index (χ2n) is 7.96. The van der Waals surface area contributed by atoms with Crippen molar-refractivity contribution >= 4 is 17.1 Å². The van der Waals surface area contributed by atoms with Crippen LogP contribution in [0.4, 0.5) is 4.39 Å². The number of carbonyl (C=O) groups is 1. The Morgan fingerprint density at radius 2 is 2.06 bits per heavy atom. The Hall–Kier alpha value is -3.62. The SMILES string of the molecule is Cc1[nH]ncc1-c1cc(F)cc(CNC(=O)c2ncnc3nc(C4CCCC4)[nH]c23)c1. The zero-order chi connectivity index (χ0) is 21.4. The molecule has 1 aliphatic rings. The predicted octanol–water partition coefficient (Wildman–Crippen LogP) is 3.78. The summed E-state index contributed by atoms with van der Waals surface area (Å²) >= 11 is 0. The van der Waals surface area contributed by atoms with Gasteiger partial charge in [-0.25, -0.2) is 19.3 Å². The van der Waals surface area contributed by atoms with Gasteiger partial charge in [-0.3, -0.25) is 9.89 Å². The van der Waals surface area contributed by atoms with Crippen LogP contribution in [0.25, 0.3) is 22.3 Å².